The Labute approximate surface area is 129 Å². The van der Waals surface area contributed by atoms with Crippen molar-refractivity contribution in [3.63, 3.8) is 0 Å². The second-order valence-electron chi connectivity index (χ2n) is 4.13. The quantitative estimate of drug-likeness (QED) is 0.608. The molecule has 2 aromatic rings. The summed E-state index contributed by atoms with van der Waals surface area (Å²) >= 11 is 0.114. The van der Waals surface area contributed by atoms with E-state index in [9.17, 15) is 9.59 Å². The average molecular weight is 349 g/mol. The van der Waals surface area contributed by atoms with E-state index in [1.54, 1.807) is 24.3 Å². The van der Waals surface area contributed by atoms with Crippen molar-refractivity contribution in [1.82, 2.24) is 0 Å². The standard InChI is InChI=1S/C16H14O4Se/c1-19-15(17)11-3-7-13(8-4-11)21-14-9-5-12(6-10-14)16(18)20-2/h3-10H,1-2H3. The number of rotatable bonds is 4. The Bertz CT molecular complexity index is 575. The first kappa shape index (κ1) is 15.3. The Balaban J connectivity index is 2.08. The Hall–Kier alpha value is -2.10. The molecule has 0 aliphatic carbocycles. The van der Waals surface area contributed by atoms with Gasteiger partial charge in [0.2, 0.25) is 0 Å². The molecule has 0 saturated heterocycles. The minimum atomic E-state index is -0.337. The van der Waals surface area contributed by atoms with E-state index in [1.165, 1.54) is 14.2 Å². The van der Waals surface area contributed by atoms with Gasteiger partial charge in [0, 0.05) is 0 Å². The van der Waals surface area contributed by atoms with Crippen molar-refractivity contribution in [3.8, 4) is 0 Å². The van der Waals surface area contributed by atoms with Crippen LogP contribution in [0.3, 0.4) is 0 Å². The fraction of sp³-hybridized carbons (Fsp3) is 0.125. The Morgan fingerprint density at radius 2 is 1.05 bits per heavy atom. The van der Waals surface area contributed by atoms with Gasteiger partial charge >= 0.3 is 129 Å². The van der Waals surface area contributed by atoms with Crippen LogP contribution >= 0.6 is 0 Å². The van der Waals surface area contributed by atoms with Gasteiger partial charge in [-0.25, -0.2) is 0 Å². The molecule has 0 bridgehead atoms. The molecule has 2 rings (SSSR count). The third-order valence-electron chi connectivity index (χ3n) is 2.79. The number of hydrogen-bond acceptors (Lipinski definition) is 4. The first-order valence-electron chi connectivity index (χ1n) is 6.18. The van der Waals surface area contributed by atoms with E-state index in [0.29, 0.717) is 11.1 Å². The van der Waals surface area contributed by atoms with E-state index in [-0.39, 0.29) is 26.9 Å². The van der Waals surface area contributed by atoms with Crippen LogP contribution in [0.5, 0.6) is 0 Å². The molecular formula is C16H14O4Se. The maximum atomic E-state index is 11.4. The molecule has 0 radical (unpaired) electrons. The molecule has 0 aliphatic heterocycles. The molecule has 0 aliphatic rings. The summed E-state index contributed by atoms with van der Waals surface area (Å²) in [5.74, 6) is -0.673. The normalized spacial score (nSPS) is 10.0. The minimum absolute atomic E-state index is 0.114. The molecule has 5 heteroatoms. The number of ether oxygens (including phenoxy) is 2. The van der Waals surface area contributed by atoms with Crippen LogP contribution in [0.25, 0.3) is 0 Å². The zero-order valence-corrected chi connectivity index (χ0v) is 13.4. The van der Waals surface area contributed by atoms with Gasteiger partial charge in [-0.1, -0.05) is 0 Å². The van der Waals surface area contributed by atoms with Gasteiger partial charge in [-0.05, 0) is 0 Å². The zero-order chi connectivity index (χ0) is 15.2. The molecule has 0 atom stereocenters. The zero-order valence-electron chi connectivity index (χ0n) is 11.7. The number of carbonyl (C=O) groups excluding carboxylic acids is 2. The van der Waals surface area contributed by atoms with E-state index in [0.717, 1.165) is 8.92 Å². The van der Waals surface area contributed by atoms with E-state index in [2.05, 4.69) is 9.47 Å². The van der Waals surface area contributed by atoms with Gasteiger partial charge in [0.25, 0.3) is 0 Å². The predicted octanol–water partition coefficient (Wildman–Crippen LogP) is 0.915. The van der Waals surface area contributed by atoms with Crippen LogP contribution in [-0.4, -0.2) is 41.1 Å². The summed E-state index contributed by atoms with van der Waals surface area (Å²) in [4.78, 5) is 22.7. The second-order valence-corrected chi connectivity index (χ2v) is 6.54. The second kappa shape index (κ2) is 7.06. The van der Waals surface area contributed by atoms with Gasteiger partial charge < -0.3 is 0 Å². The summed E-state index contributed by atoms with van der Waals surface area (Å²) in [5, 5.41) is 0. The average Bonchev–Trinajstić information content (AvgIpc) is 2.55. The van der Waals surface area contributed by atoms with E-state index >= 15 is 0 Å². The van der Waals surface area contributed by atoms with Crippen LogP contribution in [0, 0.1) is 0 Å². The van der Waals surface area contributed by atoms with Crippen molar-refractivity contribution in [2.24, 2.45) is 0 Å². The molecule has 0 saturated carbocycles. The fourth-order valence-corrected chi connectivity index (χ4v) is 3.40. The third-order valence-corrected chi connectivity index (χ3v) is 4.92. The molecule has 0 unspecified atom stereocenters. The van der Waals surface area contributed by atoms with Crippen LogP contribution < -0.4 is 8.92 Å². The molecule has 0 fully saturated rings. The van der Waals surface area contributed by atoms with E-state index in [1.807, 2.05) is 24.3 Å². The summed E-state index contributed by atoms with van der Waals surface area (Å²) in [5.41, 5.74) is 1.08. The molecular weight excluding hydrogens is 335 g/mol. The van der Waals surface area contributed by atoms with Crippen molar-refractivity contribution in [2.75, 3.05) is 14.2 Å². The molecule has 21 heavy (non-hydrogen) atoms. The molecule has 0 aromatic heterocycles. The van der Waals surface area contributed by atoms with Gasteiger partial charge in [0.15, 0.2) is 0 Å². The van der Waals surface area contributed by atoms with Crippen LogP contribution in [-0.2, 0) is 9.47 Å². The summed E-state index contributed by atoms with van der Waals surface area (Å²) in [6.07, 6.45) is 0. The number of carbonyl (C=O) groups is 2. The van der Waals surface area contributed by atoms with Crippen LogP contribution in [0.4, 0.5) is 0 Å². The van der Waals surface area contributed by atoms with Gasteiger partial charge in [-0.2, -0.15) is 0 Å². The Morgan fingerprint density at radius 3 is 1.33 bits per heavy atom. The first-order valence-corrected chi connectivity index (χ1v) is 7.90. The Morgan fingerprint density at radius 1 is 0.714 bits per heavy atom. The molecule has 0 amide bonds. The first-order chi connectivity index (χ1) is 10.1. The van der Waals surface area contributed by atoms with Crippen molar-refractivity contribution >= 4 is 35.8 Å². The van der Waals surface area contributed by atoms with Crippen molar-refractivity contribution in [3.05, 3.63) is 59.7 Å². The van der Waals surface area contributed by atoms with Gasteiger partial charge in [-0.3, -0.25) is 0 Å². The number of methoxy groups -OCH3 is 2. The van der Waals surface area contributed by atoms with Crippen molar-refractivity contribution < 1.29 is 19.1 Å². The summed E-state index contributed by atoms with van der Waals surface area (Å²) in [6, 6.07) is 14.7. The molecule has 0 N–H and O–H groups in total. The fourth-order valence-electron chi connectivity index (χ4n) is 1.69. The van der Waals surface area contributed by atoms with E-state index in [4.69, 9.17) is 0 Å². The summed E-state index contributed by atoms with van der Waals surface area (Å²) < 4.78 is 11.6. The summed E-state index contributed by atoms with van der Waals surface area (Å²) in [7, 11) is 2.73. The number of benzene rings is 2. The maximum absolute atomic E-state index is 11.4. The number of esters is 2. The van der Waals surface area contributed by atoms with Crippen LogP contribution in [0.15, 0.2) is 48.5 Å². The summed E-state index contributed by atoms with van der Waals surface area (Å²) in [6.45, 7) is 0. The van der Waals surface area contributed by atoms with Crippen molar-refractivity contribution in [1.29, 1.82) is 0 Å². The SMILES string of the molecule is COC(=O)c1ccc([Se]c2ccc(C(=O)OC)cc2)cc1. The van der Waals surface area contributed by atoms with E-state index < -0.39 is 0 Å². The van der Waals surface area contributed by atoms with Gasteiger partial charge in [-0.15, -0.1) is 0 Å². The molecule has 108 valence electrons. The monoisotopic (exact) mass is 350 g/mol. The topological polar surface area (TPSA) is 52.6 Å². The van der Waals surface area contributed by atoms with Gasteiger partial charge in [0.05, 0.1) is 0 Å². The van der Waals surface area contributed by atoms with Crippen LogP contribution in [0.2, 0.25) is 0 Å². The molecule has 2 aromatic carbocycles. The molecule has 0 spiro atoms. The molecule has 0 heterocycles. The predicted molar refractivity (Wildman–Crippen MR) is 80.6 cm³/mol. The third kappa shape index (κ3) is 3.94. The van der Waals surface area contributed by atoms with Crippen LogP contribution in [0.1, 0.15) is 20.7 Å². The molecule has 4 nitrogen and oxygen atoms in total. The van der Waals surface area contributed by atoms with Gasteiger partial charge in [0.1, 0.15) is 0 Å². The Kier molecular flexibility index (Phi) is 5.14. The van der Waals surface area contributed by atoms with Crippen molar-refractivity contribution in [2.45, 2.75) is 0 Å². The number of hydrogen-bond donors (Lipinski definition) is 0.